The van der Waals surface area contributed by atoms with Crippen LogP contribution >= 0.6 is 11.8 Å². The molecule has 0 bridgehead atoms. The van der Waals surface area contributed by atoms with Crippen molar-refractivity contribution in [3.63, 3.8) is 0 Å². The molecule has 156 valence electrons. The smallest absolute Gasteiger partial charge is 0.338 e. The first-order valence-corrected chi connectivity index (χ1v) is 11.0. The van der Waals surface area contributed by atoms with Gasteiger partial charge in [-0.05, 0) is 36.3 Å². The largest absolute Gasteiger partial charge is 0.462 e. The molecule has 1 fully saturated rings. The normalized spacial score (nSPS) is 22.1. The first-order chi connectivity index (χ1) is 13.5. The molecule has 0 spiro atoms. The van der Waals surface area contributed by atoms with E-state index >= 15 is 0 Å². The van der Waals surface area contributed by atoms with Crippen molar-refractivity contribution in [1.29, 1.82) is 0 Å². The van der Waals surface area contributed by atoms with Crippen molar-refractivity contribution in [1.82, 2.24) is 4.90 Å². The number of aliphatic imine (C=N–C) groups is 1. The molecule has 1 aromatic carbocycles. The number of ether oxygens (including phenoxy) is 1. The summed E-state index contributed by atoms with van der Waals surface area (Å²) in [4.78, 5) is 32.2. The van der Waals surface area contributed by atoms with Crippen molar-refractivity contribution < 1.29 is 14.3 Å². The minimum Gasteiger partial charge on any atom is -0.462 e. The summed E-state index contributed by atoms with van der Waals surface area (Å²) >= 11 is 1.44. The summed E-state index contributed by atoms with van der Waals surface area (Å²) in [5, 5.41) is 0.439. The molecule has 0 saturated carbocycles. The Labute approximate surface area is 177 Å². The summed E-state index contributed by atoms with van der Waals surface area (Å²) in [7, 11) is 0. The van der Waals surface area contributed by atoms with Crippen LogP contribution in [0.1, 0.15) is 65.6 Å². The van der Waals surface area contributed by atoms with E-state index < -0.39 is 12.0 Å². The molecule has 2 heterocycles. The number of amidine groups is 1. The molecule has 6 heteroatoms. The van der Waals surface area contributed by atoms with Crippen LogP contribution in [0, 0.1) is 5.92 Å². The van der Waals surface area contributed by atoms with E-state index in [4.69, 9.17) is 4.74 Å². The second kappa shape index (κ2) is 7.98. The highest BCUT2D eigenvalue weighted by atomic mass is 32.2. The highest BCUT2D eigenvalue weighted by molar-refractivity contribution is 8.15. The SMILES string of the molecule is CC1=C(C(=O)OCC(C)C)[C@@H](c2ccc(C(C)(C)C)cc2)N2C(=O)[C@H](C)SC2=N1. The van der Waals surface area contributed by atoms with Gasteiger partial charge in [0.25, 0.3) is 0 Å². The Balaban J connectivity index is 2.06. The molecule has 0 radical (unpaired) electrons. The lowest BCUT2D eigenvalue weighted by Gasteiger charge is -2.33. The molecular weight excluding hydrogens is 384 g/mol. The van der Waals surface area contributed by atoms with Crippen LogP contribution in [0.4, 0.5) is 0 Å². The minimum atomic E-state index is -0.513. The average molecular weight is 415 g/mol. The van der Waals surface area contributed by atoms with Gasteiger partial charge in [-0.2, -0.15) is 0 Å². The molecule has 0 unspecified atom stereocenters. The van der Waals surface area contributed by atoms with Gasteiger partial charge in [0.15, 0.2) is 5.17 Å². The predicted octanol–water partition coefficient (Wildman–Crippen LogP) is 4.83. The summed E-state index contributed by atoms with van der Waals surface area (Å²) in [6.07, 6.45) is 0. The highest BCUT2D eigenvalue weighted by Gasteiger charge is 2.46. The van der Waals surface area contributed by atoms with Crippen molar-refractivity contribution in [2.75, 3.05) is 6.61 Å². The van der Waals surface area contributed by atoms with Crippen molar-refractivity contribution in [3.8, 4) is 0 Å². The quantitative estimate of drug-likeness (QED) is 0.662. The van der Waals surface area contributed by atoms with Gasteiger partial charge < -0.3 is 4.74 Å². The first-order valence-electron chi connectivity index (χ1n) is 10.1. The summed E-state index contributed by atoms with van der Waals surface area (Å²) in [5.74, 6) is -0.197. The number of benzene rings is 1. The van der Waals surface area contributed by atoms with Gasteiger partial charge in [0, 0.05) is 0 Å². The summed E-state index contributed by atoms with van der Waals surface area (Å²) in [5.41, 5.74) is 3.18. The highest BCUT2D eigenvalue weighted by Crippen LogP contribution is 2.43. The van der Waals surface area contributed by atoms with E-state index in [1.54, 1.807) is 4.90 Å². The number of esters is 1. The number of carbonyl (C=O) groups excluding carboxylic acids is 2. The Kier molecular flexibility index (Phi) is 5.95. The van der Waals surface area contributed by atoms with Crippen LogP contribution in [0.25, 0.3) is 0 Å². The number of hydrogen-bond acceptors (Lipinski definition) is 5. The Morgan fingerprint density at radius 2 is 1.86 bits per heavy atom. The third-order valence-corrected chi connectivity index (χ3v) is 6.17. The zero-order valence-electron chi connectivity index (χ0n) is 18.3. The van der Waals surface area contributed by atoms with Gasteiger partial charge in [-0.3, -0.25) is 9.69 Å². The van der Waals surface area contributed by atoms with E-state index in [-0.39, 0.29) is 22.5 Å². The number of allylic oxidation sites excluding steroid dienone is 1. The topological polar surface area (TPSA) is 59.0 Å². The molecule has 5 nitrogen and oxygen atoms in total. The van der Waals surface area contributed by atoms with Crippen LogP contribution in [0.3, 0.4) is 0 Å². The molecule has 1 amide bonds. The third kappa shape index (κ3) is 4.27. The molecule has 1 aromatic rings. The molecule has 2 atom stereocenters. The lowest BCUT2D eigenvalue weighted by molar-refractivity contribution is -0.141. The van der Waals surface area contributed by atoms with Crippen LogP contribution in [0.15, 0.2) is 40.5 Å². The number of hydrogen-bond donors (Lipinski definition) is 0. The molecule has 0 N–H and O–H groups in total. The van der Waals surface area contributed by atoms with Crippen molar-refractivity contribution in [2.45, 2.75) is 65.2 Å². The van der Waals surface area contributed by atoms with E-state index in [0.717, 1.165) is 5.56 Å². The zero-order valence-corrected chi connectivity index (χ0v) is 19.1. The Bertz CT molecular complexity index is 878. The van der Waals surface area contributed by atoms with Crippen molar-refractivity contribution in [3.05, 3.63) is 46.7 Å². The second-order valence-corrected chi connectivity index (χ2v) is 10.4. The van der Waals surface area contributed by atoms with Gasteiger partial charge in [-0.15, -0.1) is 0 Å². The van der Waals surface area contributed by atoms with Gasteiger partial charge >= 0.3 is 5.97 Å². The fourth-order valence-corrected chi connectivity index (χ4v) is 4.49. The van der Waals surface area contributed by atoms with Gasteiger partial charge in [-0.25, -0.2) is 9.79 Å². The average Bonchev–Trinajstić information content (AvgIpc) is 2.91. The minimum absolute atomic E-state index is 0.0241. The molecule has 3 rings (SSSR count). The molecule has 1 saturated heterocycles. The molecule has 0 aliphatic carbocycles. The van der Waals surface area contributed by atoms with Crippen LogP contribution < -0.4 is 0 Å². The van der Waals surface area contributed by atoms with Crippen LogP contribution in [-0.2, 0) is 19.7 Å². The number of carbonyl (C=O) groups is 2. The fourth-order valence-electron chi connectivity index (χ4n) is 3.46. The Hall–Kier alpha value is -2.08. The Morgan fingerprint density at radius 1 is 1.24 bits per heavy atom. The van der Waals surface area contributed by atoms with Gasteiger partial charge in [0.1, 0.15) is 0 Å². The van der Waals surface area contributed by atoms with Gasteiger partial charge in [0.2, 0.25) is 5.91 Å². The summed E-state index contributed by atoms with van der Waals surface area (Å²) < 4.78 is 5.54. The molecular formula is C23H30N2O3S. The van der Waals surface area contributed by atoms with E-state index in [2.05, 4.69) is 37.9 Å². The van der Waals surface area contributed by atoms with E-state index in [9.17, 15) is 9.59 Å². The van der Waals surface area contributed by atoms with Crippen LogP contribution in [-0.4, -0.2) is 33.8 Å². The van der Waals surface area contributed by atoms with Crippen LogP contribution in [0.2, 0.25) is 0 Å². The number of thioether (sulfide) groups is 1. The fraction of sp³-hybridized carbons (Fsp3) is 0.522. The lowest BCUT2D eigenvalue weighted by atomic mass is 9.85. The van der Waals surface area contributed by atoms with Crippen molar-refractivity contribution >= 4 is 28.8 Å². The number of nitrogens with zero attached hydrogens (tertiary/aromatic N) is 2. The number of amides is 1. The number of rotatable bonds is 4. The van der Waals surface area contributed by atoms with Crippen LogP contribution in [0.5, 0.6) is 0 Å². The monoisotopic (exact) mass is 414 g/mol. The first kappa shape index (κ1) is 21.6. The summed E-state index contributed by atoms with van der Waals surface area (Å²) in [6.45, 7) is 14.5. The van der Waals surface area contributed by atoms with E-state index in [0.29, 0.717) is 23.0 Å². The maximum Gasteiger partial charge on any atom is 0.338 e. The maximum atomic E-state index is 13.0. The zero-order chi connectivity index (χ0) is 21.5. The third-order valence-electron chi connectivity index (χ3n) is 5.12. The molecule has 29 heavy (non-hydrogen) atoms. The van der Waals surface area contributed by atoms with E-state index in [1.807, 2.05) is 39.8 Å². The van der Waals surface area contributed by atoms with Crippen molar-refractivity contribution in [2.24, 2.45) is 10.9 Å². The maximum absolute atomic E-state index is 13.0. The second-order valence-electron chi connectivity index (χ2n) is 9.13. The molecule has 0 aromatic heterocycles. The molecule has 2 aliphatic heterocycles. The van der Waals surface area contributed by atoms with E-state index in [1.165, 1.54) is 17.3 Å². The summed E-state index contributed by atoms with van der Waals surface area (Å²) in [6, 6.07) is 7.66. The molecule has 2 aliphatic rings. The Morgan fingerprint density at radius 3 is 2.41 bits per heavy atom. The predicted molar refractivity (Wildman–Crippen MR) is 118 cm³/mol. The number of fused-ring (bicyclic) bond motifs is 1. The van der Waals surface area contributed by atoms with Gasteiger partial charge in [0.05, 0.1) is 29.2 Å². The lowest BCUT2D eigenvalue weighted by Crippen LogP contribution is -2.40. The van der Waals surface area contributed by atoms with Gasteiger partial charge in [-0.1, -0.05) is 70.6 Å². The standard InChI is InChI=1S/C23H30N2O3S/c1-13(2)12-28-21(27)18-14(3)24-22-25(20(26)15(4)29-22)19(18)16-8-10-17(11-9-16)23(5,6)7/h8-11,13,15,19H,12H2,1-7H3/t15-,19+/m0/s1.